The number of halogens is 1. The molecule has 0 fully saturated rings. The van der Waals surface area contributed by atoms with Gasteiger partial charge in [0.15, 0.2) is 0 Å². The van der Waals surface area contributed by atoms with E-state index in [9.17, 15) is 4.79 Å². The van der Waals surface area contributed by atoms with Crippen LogP contribution in [0.4, 0.5) is 0 Å². The Kier molecular flexibility index (Phi) is 4.65. The second kappa shape index (κ2) is 6.24. The molecule has 0 bridgehead atoms. The predicted molar refractivity (Wildman–Crippen MR) is 74.9 cm³/mol. The lowest BCUT2D eigenvalue weighted by Gasteiger charge is -2.19. The summed E-state index contributed by atoms with van der Waals surface area (Å²) in [6, 6.07) is 6.48. The van der Waals surface area contributed by atoms with Gasteiger partial charge in [0.1, 0.15) is 5.88 Å². The van der Waals surface area contributed by atoms with Crippen molar-refractivity contribution in [3.63, 3.8) is 0 Å². The van der Waals surface area contributed by atoms with E-state index in [-0.39, 0.29) is 11.8 Å². The van der Waals surface area contributed by atoms with E-state index < -0.39 is 0 Å². The Morgan fingerprint density at radius 3 is 2.83 bits per heavy atom. The Bertz CT molecular complexity index is 431. The molecule has 0 aromatic heterocycles. The molecule has 0 N–H and O–H groups in total. The first-order valence-electron chi connectivity index (χ1n) is 6.62. The normalized spacial score (nSPS) is 14.8. The van der Waals surface area contributed by atoms with E-state index in [1.54, 1.807) is 4.90 Å². The quantitative estimate of drug-likeness (QED) is 0.607. The van der Waals surface area contributed by atoms with Crippen LogP contribution >= 0.6 is 11.6 Å². The summed E-state index contributed by atoms with van der Waals surface area (Å²) >= 11 is 5.59. The van der Waals surface area contributed by atoms with Crippen molar-refractivity contribution in [2.75, 3.05) is 12.9 Å². The molecule has 0 spiro atoms. The molecule has 1 aliphatic rings. The van der Waals surface area contributed by atoms with Crippen LogP contribution in [0.15, 0.2) is 18.2 Å². The first-order chi connectivity index (χ1) is 8.72. The first-order valence-corrected chi connectivity index (χ1v) is 7.15. The molecule has 3 heteroatoms. The fraction of sp³-hybridized carbons (Fsp3) is 0.533. The molecule has 0 saturated carbocycles. The van der Waals surface area contributed by atoms with E-state index in [0.29, 0.717) is 6.54 Å². The molecule has 0 heterocycles. The van der Waals surface area contributed by atoms with Gasteiger partial charge in [-0.2, -0.15) is 0 Å². The van der Waals surface area contributed by atoms with Gasteiger partial charge in [-0.15, -0.1) is 11.6 Å². The number of rotatable bonds is 3. The van der Waals surface area contributed by atoms with Crippen LogP contribution in [0.25, 0.3) is 0 Å². The summed E-state index contributed by atoms with van der Waals surface area (Å²) in [4.78, 5) is 13.3. The van der Waals surface area contributed by atoms with Crippen molar-refractivity contribution >= 4 is 17.5 Å². The number of fused-ring (bicyclic) bond motifs is 1. The van der Waals surface area contributed by atoms with Gasteiger partial charge in [0.05, 0.1) is 0 Å². The maximum Gasteiger partial charge on any atom is 0.237 e. The summed E-state index contributed by atoms with van der Waals surface area (Å²) in [5, 5.41) is 0. The number of aryl methyl sites for hydroxylation is 1. The Hall–Kier alpha value is -1.02. The number of benzene rings is 1. The van der Waals surface area contributed by atoms with Crippen LogP contribution in [-0.4, -0.2) is 23.7 Å². The van der Waals surface area contributed by atoms with Crippen LogP contribution < -0.4 is 0 Å². The molecule has 1 aromatic rings. The van der Waals surface area contributed by atoms with Gasteiger partial charge < -0.3 is 4.90 Å². The largest absolute Gasteiger partial charge is 0.340 e. The topological polar surface area (TPSA) is 20.3 Å². The number of carbonyl (C=O) groups excluding carboxylic acids is 1. The summed E-state index contributed by atoms with van der Waals surface area (Å²) in [6.45, 7) is 0.675. The lowest BCUT2D eigenvalue weighted by Crippen LogP contribution is -2.27. The van der Waals surface area contributed by atoms with Gasteiger partial charge in [0.2, 0.25) is 5.91 Å². The zero-order valence-electron chi connectivity index (χ0n) is 10.9. The van der Waals surface area contributed by atoms with Gasteiger partial charge in [0.25, 0.3) is 0 Å². The van der Waals surface area contributed by atoms with Crippen LogP contribution in [0, 0.1) is 0 Å². The number of nitrogens with zero attached hydrogens (tertiary/aromatic N) is 1. The lowest BCUT2D eigenvalue weighted by molar-refractivity contribution is -0.127. The predicted octanol–water partition coefficient (Wildman–Crippen LogP) is 3.15. The molecule has 18 heavy (non-hydrogen) atoms. The van der Waals surface area contributed by atoms with E-state index in [1.165, 1.54) is 42.4 Å². The highest BCUT2D eigenvalue weighted by Gasteiger charge is 2.14. The van der Waals surface area contributed by atoms with Crippen LogP contribution in [-0.2, 0) is 24.2 Å². The molecule has 2 nitrogen and oxygen atoms in total. The van der Waals surface area contributed by atoms with Gasteiger partial charge in [-0.25, -0.2) is 0 Å². The number of carbonyl (C=O) groups is 1. The highest BCUT2D eigenvalue weighted by Crippen LogP contribution is 2.24. The molecule has 98 valence electrons. The Labute approximate surface area is 114 Å². The average molecular weight is 266 g/mol. The van der Waals surface area contributed by atoms with E-state index in [2.05, 4.69) is 18.2 Å². The fourth-order valence-corrected chi connectivity index (χ4v) is 2.84. The minimum Gasteiger partial charge on any atom is -0.340 e. The zero-order valence-corrected chi connectivity index (χ0v) is 11.7. The molecule has 0 radical (unpaired) electrons. The summed E-state index contributed by atoms with van der Waals surface area (Å²) in [5.41, 5.74) is 4.22. The average Bonchev–Trinajstić information content (AvgIpc) is 2.63. The second-order valence-electron chi connectivity index (χ2n) is 5.00. The van der Waals surface area contributed by atoms with Crippen LogP contribution in [0.5, 0.6) is 0 Å². The molecule has 2 rings (SSSR count). The van der Waals surface area contributed by atoms with Crippen molar-refractivity contribution in [3.8, 4) is 0 Å². The van der Waals surface area contributed by atoms with Gasteiger partial charge in [-0.1, -0.05) is 24.6 Å². The number of alkyl halides is 1. The van der Waals surface area contributed by atoms with Gasteiger partial charge >= 0.3 is 0 Å². The van der Waals surface area contributed by atoms with Crippen LogP contribution in [0.2, 0.25) is 0 Å². The Balaban J connectivity index is 2.20. The third-order valence-electron chi connectivity index (χ3n) is 3.69. The highest BCUT2D eigenvalue weighted by molar-refractivity contribution is 6.27. The summed E-state index contributed by atoms with van der Waals surface area (Å²) < 4.78 is 0. The monoisotopic (exact) mass is 265 g/mol. The summed E-state index contributed by atoms with van der Waals surface area (Å²) in [5.74, 6) is 0.0498. The Morgan fingerprint density at radius 1 is 1.28 bits per heavy atom. The number of hydrogen-bond donors (Lipinski definition) is 0. The summed E-state index contributed by atoms with van der Waals surface area (Å²) in [6.07, 6.45) is 6.18. The van der Waals surface area contributed by atoms with Gasteiger partial charge in [-0.05, 0) is 42.4 Å². The van der Waals surface area contributed by atoms with E-state index >= 15 is 0 Å². The van der Waals surface area contributed by atoms with Crippen molar-refractivity contribution in [2.45, 2.75) is 38.6 Å². The van der Waals surface area contributed by atoms with Crippen molar-refractivity contribution < 1.29 is 4.79 Å². The van der Waals surface area contributed by atoms with Gasteiger partial charge in [-0.3, -0.25) is 4.79 Å². The maximum absolute atomic E-state index is 11.5. The third-order valence-corrected chi connectivity index (χ3v) is 3.92. The number of amides is 1. The fourth-order valence-electron chi connectivity index (χ4n) is 2.63. The highest BCUT2D eigenvalue weighted by atomic mass is 35.5. The van der Waals surface area contributed by atoms with Crippen LogP contribution in [0.3, 0.4) is 0 Å². The third kappa shape index (κ3) is 3.05. The minimum atomic E-state index is -0.0112. The Morgan fingerprint density at radius 2 is 2.06 bits per heavy atom. The zero-order chi connectivity index (χ0) is 13.0. The molecular formula is C15H20ClNO. The van der Waals surface area contributed by atoms with Gasteiger partial charge in [0, 0.05) is 13.6 Å². The first kappa shape index (κ1) is 13.4. The van der Waals surface area contributed by atoms with Crippen molar-refractivity contribution in [2.24, 2.45) is 0 Å². The van der Waals surface area contributed by atoms with E-state index in [4.69, 9.17) is 11.6 Å². The summed E-state index contributed by atoms with van der Waals surface area (Å²) in [7, 11) is 1.82. The van der Waals surface area contributed by atoms with E-state index in [0.717, 1.165) is 6.42 Å². The van der Waals surface area contributed by atoms with E-state index in [1.807, 2.05) is 7.05 Å². The minimum absolute atomic E-state index is 0.0112. The molecule has 1 amide bonds. The lowest BCUT2D eigenvalue weighted by atomic mass is 9.97. The smallest absolute Gasteiger partial charge is 0.237 e. The molecule has 0 saturated heterocycles. The molecule has 0 aliphatic heterocycles. The van der Waals surface area contributed by atoms with Crippen molar-refractivity contribution in [1.29, 1.82) is 0 Å². The molecule has 1 aliphatic carbocycles. The van der Waals surface area contributed by atoms with Crippen molar-refractivity contribution in [3.05, 3.63) is 34.9 Å². The van der Waals surface area contributed by atoms with Crippen molar-refractivity contribution in [1.82, 2.24) is 4.90 Å². The molecule has 1 aromatic carbocycles. The number of hydrogen-bond acceptors (Lipinski definition) is 1. The van der Waals surface area contributed by atoms with Crippen LogP contribution in [0.1, 0.15) is 36.0 Å². The standard InChI is InChI=1S/C15H20ClNO/c1-17(15(18)10-16)11-13-8-5-7-12-6-3-2-4-9-14(12)13/h5,7-8H,2-4,6,9-11H2,1H3. The SMILES string of the molecule is CN(Cc1cccc2c1CCCCC2)C(=O)CCl. The maximum atomic E-state index is 11.5. The molecule has 0 unspecified atom stereocenters. The second-order valence-corrected chi connectivity index (χ2v) is 5.27. The molecule has 0 atom stereocenters. The molecular weight excluding hydrogens is 246 g/mol.